The third-order valence-electron chi connectivity index (χ3n) is 3.03. The molecule has 100 valence electrons. The summed E-state index contributed by atoms with van der Waals surface area (Å²) in [6.07, 6.45) is 2.41. The lowest BCUT2D eigenvalue weighted by molar-refractivity contribution is 0.380. The number of nitrogens with one attached hydrogen (secondary N) is 2. The molecule has 2 heterocycles. The van der Waals surface area contributed by atoms with Crippen LogP contribution in [0.15, 0.2) is 39.9 Å². The molecule has 2 N–H and O–H groups in total. The molecule has 2 aromatic rings. The first-order valence-corrected chi connectivity index (χ1v) is 7.39. The molecule has 1 aliphatic rings. The van der Waals surface area contributed by atoms with Gasteiger partial charge in [0.05, 0.1) is 17.6 Å². The van der Waals surface area contributed by atoms with Crippen LogP contribution in [-0.4, -0.2) is 20.1 Å². The summed E-state index contributed by atoms with van der Waals surface area (Å²) >= 11 is 0. The standard InChI is InChI=1S/C12H13N3O3S/c16-19(17,15-8-10-4-6-14-18-10)11-2-1-9-3-5-13-12(9)7-11/h1-2,4,6-7,13,15H,3,5,8H2. The first-order valence-electron chi connectivity index (χ1n) is 5.91. The molecule has 0 fully saturated rings. The zero-order valence-corrected chi connectivity index (χ0v) is 10.9. The van der Waals surface area contributed by atoms with E-state index in [1.54, 1.807) is 18.2 Å². The normalized spacial score (nSPS) is 14.1. The van der Waals surface area contributed by atoms with Gasteiger partial charge in [-0.05, 0) is 24.1 Å². The predicted octanol–water partition coefficient (Wildman–Crippen LogP) is 1.12. The van der Waals surface area contributed by atoms with Gasteiger partial charge in [-0.1, -0.05) is 11.2 Å². The van der Waals surface area contributed by atoms with Gasteiger partial charge >= 0.3 is 0 Å². The maximum absolute atomic E-state index is 12.1. The van der Waals surface area contributed by atoms with Gasteiger partial charge in [0.2, 0.25) is 10.0 Å². The van der Waals surface area contributed by atoms with E-state index in [4.69, 9.17) is 4.52 Å². The van der Waals surface area contributed by atoms with Crippen molar-refractivity contribution in [3.8, 4) is 0 Å². The fraction of sp³-hybridized carbons (Fsp3) is 0.250. The number of anilines is 1. The van der Waals surface area contributed by atoms with Crippen LogP contribution < -0.4 is 10.0 Å². The number of nitrogens with zero attached hydrogens (tertiary/aromatic N) is 1. The van der Waals surface area contributed by atoms with Crippen molar-refractivity contribution in [3.05, 3.63) is 41.8 Å². The minimum absolute atomic E-state index is 0.0901. The molecule has 19 heavy (non-hydrogen) atoms. The molecule has 1 aromatic heterocycles. The Morgan fingerprint density at radius 2 is 2.26 bits per heavy atom. The second kappa shape index (κ2) is 4.67. The molecular weight excluding hydrogens is 266 g/mol. The quantitative estimate of drug-likeness (QED) is 0.876. The Morgan fingerprint density at radius 3 is 3.05 bits per heavy atom. The van der Waals surface area contributed by atoms with Gasteiger partial charge in [-0.3, -0.25) is 0 Å². The third kappa shape index (κ3) is 2.47. The fourth-order valence-electron chi connectivity index (χ4n) is 2.02. The van der Waals surface area contributed by atoms with Crippen LogP contribution >= 0.6 is 0 Å². The van der Waals surface area contributed by atoms with Gasteiger partial charge in [0.1, 0.15) is 0 Å². The van der Waals surface area contributed by atoms with E-state index in [1.807, 2.05) is 6.07 Å². The predicted molar refractivity (Wildman–Crippen MR) is 69.2 cm³/mol. The summed E-state index contributed by atoms with van der Waals surface area (Å²) in [7, 11) is -3.54. The highest BCUT2D eigenvalue weighted by Crippen LogP contribution is 2.25. The Morgan fingerprint density at radius 1 is 1.37 bits per heavy atom. The minimum atomic E-state index is -3.54. The molecule has 0 amide bonds. The van der Waals surface area contributed by atoms with Crippen molar-refractivity contribution in [2.75, 3.05) is 11.9 Å². The van der Waals surface area contributed by atoms with Crippen molar-refractivity contribution in [1.82, 2.24) is 9.88 Å². The highest BCUT2D eigenvalue weighted by Gasteiger charge is 2.18. The van der Waals surface area contributed by atoms with Crippen molar-refractivity contribution < 1.29 is 12.9 Å². The smallest absolute Gasteiger partial charge is 0.241 e. The van der Waals surface area contributed by atoms with Gasteiger partial charge in [0, 0.05) is 18.3 Å². The Balaban J connectivity index is 1.80. The molecule has 0 unspecified atom stereocenters. The topological polar surface area (TPSA) is 84.2 Å². The molecule has 0 radical (unpaired) electrons. The molecule has 0 saturated heterocycles. The van der Waals surface area contributed by atoms with E-state index in [2.05, 4.69) is 15.2 Å². The monoisotopic (exact) mass is 279 g/mol. The maximum Gasteiger partial charge on any atom is 0.241 e. The summed E-state index contributed by atoms with van der Waals surface area (Å²) < 4.78 is 31.6. The molecule has 3 rings (SSSR count). The summed E-state index contributed by atoms with van der Waals surface area (Å²) in [6.45, 7) is 0.942. The SMILES string of the molecule is O=S(=O)(NCc1ccno1)c1ccc2c(c1)NCC2. The third-order valence-corrected chi connectivity index (χ3v) is 4.43. The van der Waals surface area contributed by atoms with E-state index < -0.39 is 10.0 Å². The molecule has 1 aromatic carbocycles. The minimum Gasteiger partial charge on any atom is -0.384 e. The van der Waals surface area contributed by atoms with E-state index in [1.165, 1.54) is 6.20 Å². The molecule has 0 atom stereocenters. The maximum atomic E-state index is 12.1. The fourth-order valence-corrected chi connectivity index (χ4v) is 3.04. The van der Waals surface area contributed by atoms with Crippen LogP contribution in [0.5, 0.6) is 0 Å². The van der Waals surface area contributed by atoms with Crippen molar-refractivity contribution in [2.24, 2.45) is 0 Å². The zero-order chi connectivity index (χ0) is 13.3. The molecule has 0 saturated carbocycles. The van der Waals surface area contributed by atoms with Crippen LogP contribution in [0.1, 0.15) is 11.3 Å². The Kier molecular flexibility index (Phi) is 3.00. The van der Waals surface area contributed by atoms with Gasteiger partial charge < -0.3 is 9.84 Å². The highest BCUT2D eigenvalue weighted by molar-refractivity contribution is 7.89. The summed E-state index contributed by atoms with van der Waals surface area (Å²) in [5, 5.41) is 6.68. The first-order chi connectivity index (χ1) is 9.15. The molecule has 1 aliphatic heterocycles. The van der Waals surface area contributed by atoms with Crippen LogP contribution in [0.2, 0.25) is 0 Å². The number of fused-ring (bicyclic) bond motifs is 1. The van der Waals surface area contributed by atoms with Crippen LogP contribution in [0, 0.1) is 0 Å². The van der Waals surface area contributed by atoms with E-state index in [0.717, 1.165) is 24.2 Å². The number of sulfonamides is 1. The first kappa shape index (κ1) is 12.2. The number of aromatic nitrogens is 1. The van der Waals surface area contributed by atoms with Crippen LogP contribution in [0.25, 0.3) is 0 Å². The van der Waals surface area contributed by atoms with E-state index in [9.17, 15) is 8.42 Å². The second-order valence-electron chi connectivity index (χ2n) is 4.30. The summed E-state index contributed by atoms with van der Waals surface area (Å²) in [5.74, 6) is 0.475. The van der Waals surface area contributed by atoms with Crippen molar-refractivity contribution >= 4 is 15.7 Å². The summed E-state index contributed by atoms with van der Waals surface area (Å²) in [6, 6.07) is 6.74. The van der Waals surface area contributed by atoms with Gasteiger partial charge in [-0.25, -0.2) is 13.1 Å². The van der Waals surface area contributed by atoms with Gasteiger partial charge in [-0.15, -0.1) is 0 Å². The second-order valence-corrected chi connectivity index (χ2v) is 6.07. The molecule has 7 heteroatoms. The largest absolute Gasteiger partial charge is 0.384 e. The number of rotatable bonds is 4. The van der Waals surface area contributed by atoms with Crippen LogP contribution in [-0.2, 0) is 23.0 Å². The van der Waals surface area contributed by atoms with Crippen LogP contribution in [0.3, 0.4) is 0 Å². The van der Waals surface area contributed by atoms with E-state index in [-0.39, 0.29) is 11.4 Å². The summed E-state index contributed by atoms with van der Waals surface area (Å²) in [5.41, 5.74) is 2.04. The molecular formula is C12H13N3O3S. The average Bonchev–Trinajstić information content (AvgIpc) is 3.06. The molecule has 6 nitrogen and oxygen atoms in total. The summed E-state index contributed by atoms with van der Waals surface area (Å²) in [4.78, 5) is 0.250. The Bertz CT molecular complexity index is 680. The zero-order valence-electron chi connectivity index (χ0n) is 10.1. The number of benzene rings is 1. The van der Waals surface area contributed by atoms with Crippen molar-refractivity contribution in [1.29, 1.82) is 0 Å². The lowest BCUT2D eigenvalue weighted by atomic mass is 10.2. The van der Waals surface area contributed by atoms with Crippen molar-refractivity contribution in [3.63, 3.8) is 0 Å². The number of hydrogen-bond acceptors (Lipinski definition) is 5. The highest BCUT2D eigenvalue weighted by atomic mass is 32.2. The molecule has 0 aliphatic carbocycles. The van der Waals surface area contributed by atoms with E-state index >= 15 is 0 Å². The average molecular weight is 279 g/mol. The van der Waals surface area contributed by atoms with Gasteiger partial charge in [0.15, 0.2) is 5.76 Å². The number of hydrogen-bond donors (Lipinski definition) is 2. The lowest BCUT2D eigenvalue weighted by Crippen LogP contribution is -2.23. The molecule has 0 bridgehead atoms. The van der Waals surface area contributed by atoms with Crippen molar-refractivity contribution in [2.45, 2.75) is 17.9 Å². The molecule has 0 spiro atoms. The Labute approximate surface area is 110 Å². The lowest BCUT2D eigenvalue weighted by Gasteiger charge is -2.07. The van der Waals surface area contributed by atoms with Gasteiger partial charge in [0.25, 0.3) is 0 Å². The van der Waals surface area contributed by atoms with Gasteiger partial charge in [-0.2, -0.15) is 0 Å². The van der Waals surface area contributed by atoms with E-state index in [0.29, 0.717) is 5.76 Å². The Hall–Kier alpha value is -1.86. The van der Waals surface area contributed by atoms with Crippen LogP contribution in [0.4, 0.5) is 5.69 Å².